The summed E-state index contributed by atoms with van der Waals surface area (Å²) in [5.74, 6) is 2.52. The molecule has 1 aliphatic carbocycles. The Labute approximate surface area is 218 Å². The Kier molecular flexibility index (Phi) is 9.03. The summed E-state index contributed by atoms with van der Waals surface area (Å²) >= 11 is 5.72. The Bertz CT molecular complexity index is 1160. The first-order valence-electron chi connectivity index (χ1n) is 12.1. The Hall–Kier alpha value is -3.29. The number of rotatable bonds is 10. The number of methoxy groups -OCH3 is 3. The van der Waals surface area contributed by atoms with Crippen LogP contribution in [0.5, 0.6) is 17.2 Å². The van der Waals surface area contributed by atoms with Crippen molar-refractivity contribution in [2.75, 3.05) is 28.1 Å². The van der Waals surface area contributed by atoms with Crippen molar-refractivity contribution in [2.45, 2.75) is 37.8 Å². The number of fused-ring (bicyclic) bond motifs is 1. The topological polar surface area (TPSA) is 61.0 Å². The van der Waals surface area contributed by atoms with Gasteiger partial charge in [0.15, 0.2) is 23.4 Å². The number of benzene rings is 3. The summed E-state index contributed by atoms with van der Waals surface area (Å²) in [5, 5.41) is 7.63. The zero-order valence-corrected chi connectivity index (χ0v) is 21.9. The minimum Gasteiger partial charge on any atom is -0.497 e. The Balaban J connectivity index is 1.44. The number of hydrogen-bond donors (Lipinski definition) is 2. The molecule has 2 atom stereocenters. The molecule has 0 radical (unpaired) electrons. The summed E-state index contributed by atoms with van der Waals surface area (Å²) in [6, 6.07) is 23.1. The average Bonchev–Trinajstić information content (AvgIpc) is 2.92. The Morgan fingerprint density at radius 2 is 1.75 bits per heavy atom. The quantitative estimate of drug-likeness (QED) is 0.297. The van der Waals surface area contributed by atoms with Crippen LogP contribution in [0.1, 0.15) is 34.6 Å². The van der Waals surface area contributed by atoms with Gasteiger partial charge in [0.25, 0.3) is 0 Å². The lowest BCUT2D eigenvalue weighted by Crippen LogP contribution is -2.46. The van der Waals surface area contributed by atoms with Crippen LogP contribution in [-0.4, -0.2) is 39.3 Å². The number of hydrogen-bond acceptors (Lipinski definition) is 5. The van der Waals surface area contributed by atoms with Gasteiger partial charge in [0.05, 0.1) is 14.2 Å². The van der Waals surface area contributed by atoms with Gasteiger partial charge in [-0.05, 0) is 78.0 Å². The summed E-state index contributed by atoms with van der Waals surface area (Å²) < 4.78 is 21.5. The maximum Gasteiger partial charge on any atom is 0.188 e. The molecule has 190 valence electrons. The lowest BCUT2D eigenvalue weighted by Gasteiger charge is -2.35. The third-order valence-electron chi connectivity index (χ3n) is 6.59. The first-order chi connectivity index (χ1) is 17.6. The molecular weight excluding hydrogens is 472 g/mol. The molecule has 36 heavy (non-hydrogen) atoms. The number of ether oxygens (including phenoxy) is 4. The van der Waals surface area contributed by atoms with Gasteiger partial charge >= 0.3 is 0 Å². The second-order valence-electron chi connectivity index (χ2n) is 8.87. The van der Waals surface area contributed by atoms with Crippen molar-refractivity contribution in [3.8, 4) is 17.2 Å². The molecule has 6 nitrogen and oxygen atoms in total. The van der Waals surface area contributed by atoms with Crippen LogP contribution >= 0.6 is 12.2 Å². The molecule has 2 N–H and O–H groups in total. The van der Waals surface area contributed by atoms with Crippen LogP contribution in [0.2, 0.25) is 0 Å². The van der Waals surface area contributed by atoms with Gasteiger partial charge in [-0.25, -0.2) is 0 Å². The molecule has 0 saturated heterocycles. The molecule has 0 saturated carbocycles. The molecule has 2 unspecified atom stereocenters. The largest absolute Gasteiger partial charge is 0.497 e. The molecule has 7 heteroatoms. The third kappa shape index (κ3) is 6.47. The van der Waals surface area contributed by atoms with Gasteiger partial charge in [0, 0.05) is 25.6 Å². The van der Waals surface area contributed by atoms with Crippen LogP contribution in [0.3, 0.4) is 0 Å². The molecule has 4 rings (SSSR count). The van der Waals surface area contributed by atoms with Gasteiger partial charge in [0.1, 0.15) is 5.75 Å². The van der Waals surface area contributed by atoms with E-state index >= 15 is 0 Å². The third-order valence-corrected chi connectivity index (χ3v) is 6.85. The number of nitrogens with one attached hydrogen (secondary N) is 2. The van der Waals surface area contributed by atoms with E-state index in [-0.39, 0.29) is 12.8 Å². The fourth-order valence-corrected chi connectivity index (χ4v) is 5.00. The van der Waals surface area contributed by atoms with Gasteiger partial charge in [-0.15, -0.1) is 0 Å². The number of aryl methyl sites for hydroxylation is 1. The van der Waals surface area contributed by atoms with E-state index in [1.807, 2.05) is 18.2 Å². The molecule has 3 aromatic carbocycles. The van der Waals surface area contributed by atoms with E-state index < -0.39 is 0 Å². The van der Waals surface area contributed by atoms with E-state index in [0.717, 1.165) is 30.6 Å². The highest BCUT2D eigenvalue weighted by Crippen LogP contribution is 2.36. The molecule has 0 heterocycles. The van der Waals surface area contributed by atoms with E-state index in [0.29, 0.717) is 29.1 Å². The van der Waals surface area contributed by atoms with E-state index in [2.05, 4.69) is 59.2 Å². The molecule has 0 spiro atoms. The minimum atomic E-state index is 0.170. The van der Waals surface area contributed by atoms with E-state index in [4.69, 9.17) is 31.2 Å². The second kappa shape index (κ2) is 12.6. The predicted molar refractivity (Wildman–Crippen MR) is 146 cm³/mol. The van der Waals surface area contributed by atoms with Crippen LogP contribution in [0.15, 0.2) is 66.7 Å². The van der Waals surface area contributed by atoms with Crippen LogP contribution in [0.4, 0.5) is 0 Å². The molecule has 3 aromatic rings. The highest BCUT2D eigenvalue weighted by Gasteiger charge is 2.30. The highest BCUT2D eigenvalue weighted by atomic mass is 32.1. The standard InChI is InChI=1S/C29H34N2O4S/c1-32-19-35-27-14-9-21(16-28(27)34-3)18-30-29(36)31-26-13-10-22-17-23(33-2)11-12-24(22)25(26)15-20-7-5-4-6-8-20/h4-9,11-12,14,16-17,25-26H,10,13,15,18-19H2,1-3H3,(H2,30,31,36). The summed E-state index contributed by atoms with van der Waals surface area (Å²) in [5.41, 5.74) is 5.08. The van der Waals surface area contributed by atoms with Gasteiger partial charge in [0.2, 0.25) is 0 Å². The van der Waals surface area contributed by atoms with E-state index in [1.54, 1.807) is 21.3 Å². The number of thiocarbonyl (C=S) groups is 1. The Morgan fingerprint density at radius 3 is 2.50 bits per heavy atom. The molecule has 0 amide bonds. The lowest BCUT2D eigenvalue weighted by atomic mass is 9.76. The fourth-order valence-electron chi connectivity index (χ4n) is 4.77. The predicted octanol–water partition coefficient (Wildman–Crippen LogP) is 4.99. The van der Waals surface area contributed by atoms with Gasteiger partial charge in [-0.1, -0.05) is 42.5 Å². The van der Waals surface area contributed by atoms with Crippen molar-refractivity contribution in [2.24, 2.45) is 0 Å². The van der Waals surface area contributed by atoms with E-state index in [9.17, 15) is 0 Å². The minimum absolute atomic E-state index is 0.170. The van der Waals surface area contributed by atoms with Crippen molar-refractivity contribution in [3.63, 3.8) is 0 Å². The monoisotopic (exact) mass is 506 g/mol. The van der Waals surface area contributed by atoms with Crippen LogP contribution in [0, 0.1) is 0 Å². The SMILES string of the molecule is COCOc1ccc(CNC(=S)NC2CCc3cc(OC)ccc3C2Cc2ccccc2)cc1OC. The lowest BCUT2D eigenvalue weighted by molar-refractivity contribution is 0.0491. The van der Waals surface area contributed by atoms with Crippen molar-refractivity contribution < 1.29 is 18.9 Å². The molecule has 0 aromatic heterocycles. The van der Waals surface area contributed by atoms with Crippen LogP contribution < -0.4 is 24.8 Å². The zero-order chi connectivity index (χ0) is 25.3. The fraction of sp³-hybridized carbons (Fsp3) is 0.345. The first-order valence-corrected chi connectivity index (χ1v) is 12.6. The maximum absolute atomic E-state index is 5.72. The summed E-state index contributed by atoms with van der Waals surface area (Å²) in [6.45, 7) is 0.750. The highest BCUT2D eigenvalue weighted by molar-refractivity contribution is 7.80. The van der Waals surface area contributed by atoms with Crippen molar-refractivity contribution in [3.05, 3.63) is 89.0 Å². The Morgan fingerprint density at radius 1 is 0.917 bits per heavy atom. The zero-order valence-electron chi connectivity index (χ0n) is 21.1. The van der Waals surface area contributed by atoms with Crippen molar-refractivity contribution in [1.29, 1.82) is 0 Å². The molecule has 0 aliphatic heterocycles. The van der Waals surface area contributed by atoms with Gasteiger partial charge < -0.3 is 29.6 Å². The summed E-state index contributed by atoms with van der Waals surface area (Å²) in [4.78, 5) is 0. The van der Waals surface area contributed by atoms with Gasteiger partial charge in [-0.2, -0.15) is 0 Å². The van der Waals surface area contributed by atoms with E-state index in [1.165, 1.54) is 16.7 Å². The normalized spacial score (nSPS) is 16.5. The molecule has 0 fully saturated rings. The van der Waals surface area contributed by atoms with Crippen molar-refractivity contribution >= 4 is 17.3 Å². The molecule has 1 aliphatic rings. The van der Waals surface area contributed by atoms with Crippen LogP contribution in [0.25, 0.3) is 0 Å². The first kappa shape index (κ1) is 25.8. The second-order valence-corrected chi connectivity index (χ2v) is 9.28. The molecular formula is C29H34N2O4S. The summed E-state index contributed by atoms with van der Waals surface area (Å²) in [6.07, 6.45) is 2.93. The molecule has 0 bridgehead atoms. The smallest absolute Gasteiger partial charge is 0.188 e. The maximum atomic E-state index is 5.72. The average molecular weight is 507 g/mol. The van der Waals surface area contributed by atoms with Crippen LogP contribution in [-0.2, 0) is 24.1 Å². The van der Waals surface area contributed by atoms with Gasteiger partial charge in [-0.3, -0.25) is 0 Å². The summed E-state index contributed by atoms with van der Waals surface area (Å²) in [7, 11) is 4.93. The van der Waals surface area contributed by atoms with Crippen molar-refractivity contribution in [1.82, 2.24) is 10.6 Å².